The molecule has 1 aliphatic rings. The number of nitrogens with zero attached hydrogens (tertiary/aromatic N) is 2. The summed E-state index contributed by atoms with van der Waals surface area (Å²) in [5, 5.41) is 3.37. The van der Waals surface area contributed by atoms with Crippen LogP contribution in [0.1, 0.15) is 29.2 Å². The third-order valence-corrected chi connectivity index (χ3v) is 3.95. The van der Waals surface area contributed by atoms with E-state index in [0.717, 1.165) is 43.7 Å². The molecule has 1 fully saturated rings. The normalized spacial score (nSPS) is 16.4. The molecule has 2 aromatic rings. The minimum absolute atomic E-state index is 0.319. The van der Waals surface area contributed by atoms with Crippen LogP contribution < -0.4 is 5.32 Å². The number of aromatic nitrogens is 2. The second kappa shape index (κ2) is 5.63. The van der Waals surface area contributed by atoms with Crippen LogP contribution >= 0.6 is 0 Å². The van der Waals surface area contributed by atoms with Gasteiger partial charge >= 0.3 is 5.97 Å². The predicted octanol–water partition coefficient (Wildman–Crippen LogP) is 1.66. The maximum Gasteiger partial charge on any atom is 0.355 e. The van der Waals surface area contributed by atoms with Crippen LogP contribution in [0.3, 0.4) is 0 Å². The van der Waals surface area contributed by atoms with Gasteiger partial charge in [-0.3, -0.25) is 4.40 Å². The number of hydrogen-bond acceptors (Lipinski definition) is 4. The number of imidazole rings is 1. The zero-order valence-electron chi connectivity index (χ0n) is 11.6. The van der Waals surface area contributed by atoms with Crippen molar-refractivity contribution in [2.75, 3.05) is 20.2 Å². The number of pyridine rings is 1. The zero-order chi connectivity index (χ0) is 13.9. The van der Waals surface area contributed by atoms with Crippen LogP contribution in [0.25, 0.3) is 5.52 Å². The van der Waals surface area contributed by atoms with E-state index >= 15 is 0 Å². The van der Waals surface area contributed by atoms with E-state index in [0.29, 0.717) is 11.6 Å². The molecule has 5 nitrogen and oxygen atoms in total. The number of fused-ring (bicyclic) bond motifs is 1. The highest BCUT2D eigenvalue weighted by atomic mass is 16.5. The van der Waals surface area contributed by atoms with Crippen molar-refractivity contribution in [3.8, 4) is 0 Å². The van der Waals surface area contributed by atoms with Gasteiger partial charge in [-0.1, -0.05) is 6.07 Å². The molecular formula is C15H19N3O2. The van der Waals surface area contributed by atoms with Gasteiger partial charge in [0, 0.05) is 6.42 Å². The van der Waals surface area contributed by atoms with Gasteiger partial charge in [0.15, 0.2) is 0 Å². The molecule has 0 saturated carbocycles. The van der Waals surface area contributed by atoms with Crippen LogP contribution in [0, 0.1) is 5.92 Å². The fraction of sp³-hybridized carbons (Fsp3) is 0.467. The van der Waals surface area contributed by atoms with Crippen molar-refractivity contribution in [3.05, 3.63) is 35.9 Å². The lowest BCUT2D eigenvalue weighted by Gasteiger charge is -2.22. The third kappa shape index (κ3) is 2.41. The summed E-state index contributed by atoms with van der Waals surface area (Å²) >= 11 is 0. The van der Waals surface area contributed by atoms with E-state index in [1.807, 2.05) is 22.7 Å². The van der Waals surface area contributed by atoms with E-state index in [9.17, 15) is 4.79 Å². The molecule has 0 atom stereocenters. The molecule has 1 saturated heterocycles. The smallest absolute Gasteiger partial charge is 0.355 e. The van der Waals surface area contributed by atoms with Gasteiger partial charge in [-0.15, -0.1) is 0 Å². The molecule has 1 aliphatic heterocycles. The topological polar surface area (TPSA) is 55.6 Å². The van der Waals surface area contributed by atoms with E-state index in [1.54, 1.807) is 6.07 Å². The van der Waals surface area contributed by atoms with Gasteiger partial charge in [0.25, 0.3) is 0 Å². The number of piperidine rings is 1. The van der Waals surface area contributed by atoms with Crippen molar-refractivity contribution in [1.82, 2.24) is 14.7 Å². The summed E-state index contributed by atoms with van der Waals surface area (Å²) in [4.78, 5) is 16.4. The van der Waals surface area contributed by atoms with E-state index in [4.69, 9.17) is 4.74 Å². The highest BCUT2D eigenvalue weighted by molar-refractivity contribution is 5.88. The van der Waals surface area contributed by atoms with Crippen LogP contribution in [0.2, 0.25) is 0 Å². The van der Waals surface area contributed by atoms with Crippen molar-refractivity contribution in [1.29, 1.82) is 0 Å². The average Bonchev–Trinajstić information content (AvgIpc) is 2.91. The Labute approximate surface area is 118 Å². The Kier molecular flexibility index (Phi) is 3.69. The lowest BCUT2D eigenvalue weighted by molar-refractivity contribution is 0.0591. The second-order valence-electron chi connectivity index (χ2n) is 5.23. The zero-order valence-corrected chi connectivity index (χ0v) is 11.6. The molecular weight excluding hydrogens is 254 g/mol. The predicted molar refractivity (Wildman–Crippen MR) is 75.8 cm³/mol. The summed E-state index contributed by atoms with van der Waals surface area (Å²) in [7, 11) is 1.41. The highest BCUT2D eigenvalue weighted by Gasteiger charge is 2.19. The number of hydrogen-bond donors (Lipinski definition) is 1. The quantitative estimate of drug-likeness (QED) is 0.864. The van der Waals surface area contributed by atoms with Gasteiger partial charge in [0.1, 0.15) is 11.5 Å². The molecule has 3 rings (SSSR count). The molecule has 106 valence electrons. The maximum atomic E-state index is 11.9. The molecule has 20 heavy (non-hydrogen) atoms. The Balaban J connectivity index is 1.96. The first-order valence-electron chi connectivity index (χ1n) is 7.04. The monoisotopic (exact) mass is 273 g/mol. The Hall–Kier alpha value is -1.88. The lowest BCUT2D eigenvalue weighted by atomic mass is 9.94. The third-order valence-electron chi connectivity index (χ3n) is 3.95. The summed E-state index contributed by atoms with van der Waals surface area (Å²) in [6, 6.07) is 5.61. The van der Waals surface area contributed by atoms with Crippen molar-refractivity contribution in [3.63, 3.8) is 0 Å². The van der Waals surface area contributed by atoms with Gasteiger partial charge < -0.3 is 10.1 Å². The van der Waals surface area contributed by atoms with Crippen LogP contribution in [-0.4, -0.2) is 35.6 Å². The first kappa shape index (κ1) is 13.1. The van der Waals surface area contributed by atoms with Crippen LogP contribution in [0.5, 0.6) is 0 Å². The minimum Gasteiger partial charge on any atom is -0.464 e. The van der Waals surface area contributed by atoms with E-state index in [1.165, 1.54) is 7.11 Å². The summed E-state index contributed by atoms with van der Waals surface area (Å²) in [5.41, 5.74) is 1.49. The standard InChI is InChI=1S/C15H19N3O2/c1-20-15(19)13-4-2-3-12-10-17-14(18(12)13)9-11-5-7-16-8-6-11/h2-4,10-11,16H,5-9H2,1H3. The van der Waals surface area contributed by atoms with Crippen molar-refractivity contribution < 1.29 is 9.53 Å². The fourth-order valence-electron chi connectivity index (χ4n) is 2.87. The van der Waals surface area contributed by atoms with Crippen LogP contribution in [-0.2, 0) is 11.2 Å². The number of carbonyl (C=O) groups is 1. The van der Waals surface area contributed by atoms with E-state index in [2.05, 4.69) is 10.3 Å². The van der Waals surface area contributed by atoms with Gasteiger partial charge in [0.2, 0.25) is 0 Å². The number of nitrogens with one attached hydrogen (secondary N) is 1. The molecule has 2 aromatic heterocycles. The van der Waals surface area contributed by atoms with Crippen molar-refractivity contribution in [2.24, 2.45) is 5.92 Å². The van der Waals surface area contributed by atoms with E-state index < -0.39 is 0 Å². The number of rotatable bonds is 3. The van der Waals surface area contributed by atoms with Gasteiger partial charge in [-0.05, 0) is 44.0 Å². The SMILES string of the molecule is COC(=O)c1cccc2cnc(CC3CCNCC3)n12. The number of methoxy groups -OCH3 is 1. The first-order chi connectivity index (χ1) is 9.79. The molecule has 0 aromatic carbocycles. The average molecular weight is 273 g/mol. The summed E-state index contributed by atoms with van der Waals surface area (Å²) < 4.78 is 6.79. The van der Waals surface area contributed by atoms with Gasteiger partial charge in [-0.2, -0.15) is 0 Å². The molecule has 0 amide bonds. The lowest BCUT2D eigenvalue weighted by Crippen LogP contribution is -2.29. The molecule has 0 radical (unpaired) electrons. The summed E-state index contributed by atoms with van der Waals surface area (Å²) in [6.45, 7) is 2.13. The van der Waals surface area contributed by atoms with Gasteiger partial charge in [0.05, 0.1) is 18.8 Å². The molecule has 0 aliphatic carbocycles. The van der Waals surface area contributed by atoms with E-state index in [-0.39, 0.29) is 5.97 Å². The summed E-state index contributed by atoms with van der Waals surface area (Å²) in [6.07, 6.45) is 5.05. The molecule has 1 N–H and O–H groups in total. The molecule has 3 heterocycles. The molecule has 0 bridgehead atoms. The largest absolute Gasteiger partial charge is 0.464 e. The second-order valence-corrected chi connectivity index (χ2v) is 5.23. The first-order valence-corrected chi connectivity index (χ1v) is 7.04. The Bertz CT molecular complexity index is 615. The Morgan fingerprint density at radius 1 is 1.45 bits per heavy atom. The maximum absolute atomic E-state index is 11.9. The number of carbonyl (C=O) groups excluding carboxylic acids is 1. The number of esters is 1. The van der Waals surface area contributed by atoms with Crippen LogP contribution in [0.15, 0.2) is 24.4 Å². The van der Waals surface area contributed by atoms with Crippen molar-refractivity contribution in [2.45, 2.75) is 19.3 Å². The van der Waals surface area contributed by atoms with Crippen LogP contribution in [0.4, 0.5) is 0 Å². The summed E-state index contributed by atoms with van der Waals surface area (Å²) in [5.74, 6) is 1.26. The van der Waals surface area contributed by atoms with Gasteiger partial charge in [-0.25, -0.2) is 9.78 Å². The Morgan fingerprint density at radius 2 is 2.25 bits per heavy atom. The Morgan fingerprint density at radius 3 is 3.00 bits per heavy atom. The molecule has 5 heteroatoms. The molecule has 0 unspecified atom stereocenters. The number of ether oxygens (including phenoxy) is 1. The highest BCUT2D eigenvalue weighted by Crippen LogP contribution is 2.20. The van der Waals surface area contributed by atoms with Crippen molar-refractivity contribution >= 4 is 11.5 Å². The fourth-order valence-corrected chi connectivity index (χ4v) is 2.87. The molecule has 0 spiro atoms. The minimum atomic E-state index is -0.319.